The lowest BCUT2D eigenvalue weighted by atomic mass is 9.99. The minimum absolute atomic E-state index is 0.105. The third-order valence-corrected chi connectivity index (χ3v) is 18.8. The molecule has 0 aliphatic carbocycles. The fourth-order valence-electron chi connectivity index (χ4n) is 10.8. The van der Waals surface area contributed by atoms with Crippen LogP contribution < -0.4 is 0 Å². The van der Waals surface area contributed by atoms with Gasteiger partial charge in [0.05, 0.1) is 26.4 Å². The van der Waals surface area contributed by atoms with Crippen molar-refractivity contribution in [3.63, 3.8) is 0 Å². The van der Waals surface area contributed by atoms with Crippen molar-refractivity contribution in [2.45, 2.75) is 387 Å². The standard InChI is InChI=1S/C71H138O17P2/c1-6-10-13-16-19-22-23-24-25-26-27-28-29-30-31-32-33-34-35-42-47-52-57-71(76)88-67(61-82-69(74)55-50-45-41-37-36-38-43-48-53-64(5)9-4)63-86-90(79,80)84-59-65(72)58-83-89(77,78)85-62-66(87-70(75)56-51-46-40-21-18-15-12-8-3)60-81-68(73)54-49-44-39-20-17-14-11-7-2/h64-67,72H,6-63H2,1-5H3,(H,77,78)(H,79,80)/t64?,65-,66+,67+/m0/s1. The molecular weight excluding hydrogens is 1190 g/mol. The Balaban J connectivity index is 5.11. The number of aliphatic hydroxyl groups is 1. The molecule has 3 unspecified atom stereocenters. The summed E-state index contributed by atoms with van der Waals surface area (Å²) in [5.74, 6) is -1.35. The van der Waals surface area contributed by atoms with Gasteiger partial charge in [-0.15, -0.1) is 0 Å². The van der Waals surface area contributed by atoms with Crippen LogP contribution in [0, 0.1) is 5.92 Å². The second kappa shape index (κ2) is 64.4. The lowest BCUT2D eigenvalue weighted by Crippen LogP contribution is -2.30. The zero-order valence-electron chi connectivity index (χ0n) is 58.3. The van der Waals surface area contributed by atoms with Gasteiger partial charge in [-0.25, -0.2) is 9.13 Å². The number of carbonyl (C=O) groups excluding carboxylic acids is 4. The van der Waals surface area contributed by atoms with Crippen LogP contribution in [0.25, 0.3) is 0 Å². The van der Waals surface area contributed by atoms with E-state index in [2.05, 4.69) is 34.6 Å². The lowest BCUT2D eigenvalue weighted by molar-refractivity contribution is -0.161. The van der Waals surface area contributed by atoms with Crippen LogP contribution in [0.4, 0.5) is 0 Å². The minimum Gasteiger partial charge on any atom is -0.462 e. The monoisotopic (exact) mass is 1320 g/mol. The summed E-state index contributed by atoms with van der Waals surface area (Å²) in [5.41, 5.74) is 0. The van der Waals surface area contributed by atoms with Gasteiger partial charge in [0.2, 0.25) is 0 Å². The van der Waals surface area contributed by atoms with E-state index in [-0.39, 0.29) is 25.7 Å². The van der Waals surface area contributed by atoms with Crippen molar-refractivity contribution in [1.29, 1.82) is 0 Å². The van der Waals surface area contributed by atoms with Crippen LogP contribution in [-0.4, -0.2) is 96.7 Å². The maximum absolute atomic E-state index is 13.0. The molecule has 0 aromatic heterocycles. The van der Waals surface area contributed by atoms with Gasteiger partial charge in [-0.3, -0.25) is 37.3 Å². The molecule has 3 N–H and O–H groups in total. The normalized spacial score (nSPS) is 14.4. The van der Waals surface area contributed by atoms with Crippen molar-refractivity contribution in [3.8, 4) is 0 Å². The van der Waals surface area contributed by atoms with Gasteiger partial charge in [-0.2, -0.15) is 0 Å². The van der Waals surface area contributed by atoms with Gasteiger partial charge in [-0.05, 0) is 31.6 Å². The molecule has 0 saturated heterocycles. The maximum Gasteiger partial charge on any atom is 0.472 e. The molecule has 534 valence electrons. The van der Waals surface area contributed by atoms with E-state index in [1.54, 1.807) is 0 Å². The molecule has 0 spiro atoms. The van der Waals surface area contributed by atoms with E-state index in [1.807, 2.05) is 0 Å². The van der Waals surface area contributed by atoms with Gasteiger partial charge in [0.15, 0.2) is 12.2 Å². The highest BCUT2D eigenvalue weighted by molar-refractivity contribution is 7.47. The fourth-order valence-corrected chi connectivity index (χ4v) is 12.4. The topological polar surface area (TPSA) is 237 Å². The smallest absolute Gasteiger partial charge is 0.462 e. The van der Waals surface area contributed by atoms with Crippen molar-refractivity contribution >= 4 is 39.5 Å². The molecule has 0 rings (SSSR count). The lowest BCUT2D eigenvalue weighted by Gasteiger charge is -2.21. The molecule has 0 saturated carbocycles. The fraction of sp³-hybridized carbons (Fsp3) is 0.944. The van der Waals surface area contributed by atoms with E-state index in [0.29, 0.717) is 25.7 Å². The zero-order valence-corrected chi connectivity index (χ0v) is 60.1. The summed E-state index contributed by atoms with van der Waals surface area (Å²) >= 11 is 0. The first-order valence-electron chi connectivity index (χ1n) is 37.2. The highest BCUT2D eigenvalue weighted by Crippen LogP contribution is 2.45. The van der Waals surface area contributed by atoms with Crippen molar-refractivity contribution in [2.24, 2.45) is 5.92 Å². The Bertz CT molecular complexity index is 1740. The molecule has 0 aromatic carbocycles. The van der Waals surface area contributed by atoms with Gasteiger partial charge < -0.3 is 33.8 Å². The average molecular weight is 1330 g/mol. The second-order valence-corrected chi connectivity index (χ2v) is 28.8. The van der Waals surface area contributed by atoms with Crippen LogP contribution in [-0.2, 0) is 65.4 Å². The summed E-state index contributed by atoms with van der Waals surface area (Å²) in [7, 11) is -9.89. The van der Waals surface area contributed by atoms with Crippen LogP contribution in [0.3, 0.4) is 0 Å². The third-order valence-electron chi connectivity index (χ3n) is 16.9. The van der Waals surface area contributed by atoms with E-state index in [9.17, 15) is 43.2 Å². The number of rotatable bonds is 71. The van der Waals surface area contributed by atoms with Crippen molar-refractivity contribution in [2.75, 3.05) is 39.6 Å². The summed E-state index contributed by atoms with van der Waals surface area (Å²) in [6.45, 7) is 7.19. The van der Waals surface area contributed by atoms with E-state index >= 15 is 0 Å². The Labute approximate surface area is 549 Å². The highest BCUT2D eigenvalue weighted by Gasteiger charge is 2.30. The van der Waals surface area contributed by atoms with Crippen LogP contribution in [0.1, 0.15) is 369 Å². The number of unbranched alkanes of at least 4 members (excludes halogenated alkanes) is 42. The molecule has 0 aromatic rings. The van der Waals surface area contributed by atoms with Crippen LogP contribution in [0.2, 0.25) is 0 Å². The molecular formula is C71H138O17P2. The second-order valence-electron chi connectivity index (χ2n) is 25.9. The Morgan fingerprint density at radius 2 is 0.533 bits per heavy atom. The van der Waals surface area contributed by atoms with Crippen LogP contribution in [0.5, 0.6) is 0 Å². The van der Waals surface area contributed by atoms with Gasteiger partial charge in [0.1, 0.15) is 19.3 Å². The number of ether oxygens (including phenoxy) is 4. The molecule has 17 nitrogen and oxygen atoms in total. The molecule has 0 bridgehead atoms. The molecule has 0 amide bonds. The Hall–Kier alpha value is -1.94. The molecule has 0 aliphatic heterocycles. The van der Waals surface area contributed by atoms with Crippen molar-refractivity contribution < 1.29 is 80.2 Å². The van der Waals surface area contributed by atoms with Crippen molar-refractivity contribution in [1.82, 2.24) is 0 Å². The van der Waals surface area contributed by atoms with Crippen LogP contribution >= 0.6 is 15.6 Å². The predicted molar refractivity (Wildman–Crippen MR) is 363 cm³/mol. The number of esters is 4. The Morgan fingerprint density at radius 3 is 0.789 bits per heavy atom. The SMILES string of the molecule is CCCCCCCCCCCCCCCCCCCCCCCCC(=O)O[C@H](COC(=O)CCCCCCCCCCC(C)CC)COP(=O)(O)OC[C@@H](O)COP(=O)(O)OC[C@@H](COC(=O)CCCCCCCCCC)OC(=O)CCCCCCCCCC. The largest absolute Gasteiger partial charge is 0.472 e. The molecule has 90 heavy (non-hydrogen) atoms. The maximum atomic E-state index is 13.0. The number of phosphoric acid groups is 2. The third kappa shape index (κ3) is 63.5. The number of phosphoric ester groups is 2. The molecule has 19 heteroatoms. The van der Waals surface area contributed by atoms with E-state index in [0.717, 1.165) is 109 Å². The molecule has 0 fully saturated rings. The minimum atomic E-state index is -4.95. The van der Waals surface area contributed by atoms with E-state index in [1.165, 1.54) is 180 Å². The number of carbonyl (C=O) groups is 4. The quantitative estimate of drug-likeness (QED) is 0.0222. The summed E-state index contributed by atoms with van der Waals surface area (Å²) in [5, 5.41) is 10.6. The molecule has 0 aliphatic rings. The van der Waals surface area contributed by atoms with Gasteiger partial charge >= 0.3 is 39.5 Å². The first-order chi connectivity index (χ1) is 43.6. The van der Waals surface area contributed by atoms with Crippen molar-refractivity contribution in [3.05, 3.63) is 0 Å². The number of hydrogen-bond donors (Lipinski definition) is 3. The summed E-state index contributed by atoms with van der Waals surface area (Å²) in [6, 6.07) is 0. The van der Waals surface area contributed by atoms with Gasteiger partial charge in [-0.1, -0.05) is 317 Å². The summed E-state index contributed by atoms with van der Waals surface area (Å²) < 4.78 is 68.1. The average Bonchev–Trinajstić information content (AvgIpc) is 3.73. The first kappa shape index (κ1) is 88.1. The van der Waals surface area contributed by atoms with Gasteiger partial charge in [0.25, 0.3) is 0 Å². The van der Waals surface area contributed by atoms with Crippen LogP contribution in [0.15, 0.2) is 0 Å². The zero-order chi connectivity index (χ0) is 66.3. The first-order valence-corrected chi connectivity index (χ1v) is 40.2. The molecule has 6 atom stereocenters. The highest BCUT2D eigenvalue weighted by atomic mass is 31.2. The van der Waals surface area contributed by atoms with E-state index < -0.39 is 97.5 Å². The molecule has 0 radical (unpaired) electrons. The van der Waals surface area contributed by atoms with Gasteiger partial charge in [0, 0.05) is 25.7 Å². The number of hydrogen-bond acceptors (Lipinski definition) is 15. The Kier molecular flexibility index (Phi) is 63.0. The summed E-state index contributed by atoms with van der Waals surface area (Å²) in [6.07, 6.45) is 51.7. The van der Waals surface area contributed by atoms with E-state index in [4.69, 9.17) is 37.0 Å². The Morgan fingerprint density at radius 1 is 0.311 bits per heavy atom. The summed E-state index contributed by atoms with van der Waals surface area (Å²) in [4.78, 5) is 72.3. The predicted octanol–water partition coefficient (Wildman–Crippen LogP) is 20.5. The number of aliphatic hydroxyl groups excluding tert-OH is 1. The molecule has 0 heterocycles.